The molecule has 0 saturated carbocycles. The molecule has 1 aliphatic rings. The third-order valence-corrected chi connectivity index (χ3v) is 5.78. The maximum Gasteiger partial charge on any atom is 0.293 e. The van der Waals surface area contributed by atoms with Crippen LogP contribution < -0.4 is 16.2 Å². The topological polar surface area (TPSA) is 94.9 Å². The third kappa shape index (κ3) is 3.43. The number of piperidine rings is 1. The number of rotatable bonds is 4. The van der Waals surface area contributed by atoms with Crippen LogP contribution in [0.2, 0.25) is 0 Å². The number of pyridine rings is 1. The summed E-state index contributed by atoms with van der Waals surface area (Å²) in [5.74, 6) is 3.34. The van der Waals surface area contributed by atoms with Gasteiger partial charge in [-0.2, -0.15) is 5.10 Å². The van der Waals surface area contributed by atoms with E-state index in [0.717, 1.165) is 35.9 Å². The summed E-state index contributed by atoms with van der Waals surface area (Å²) in [5.41, 5.74) is 7.72. The van der Waals surface area contributed by atoms with Crippen molar-refractivity contribution in [1.29, 1.82) is 0 Å². The Labute approximate surface area is 179 Å². The number of hydrogen-bond acceptors (Lipinski definition) is 6. The number of imidazole rings is 1. The van der Waals surface area contributed by atoms with Gasteiger partial charge in [-0.3, -0.25) is 14.3 Å². The molecule has 0 radical (unpaired) electrons. The van der Waals surface area contributed by atoms with E-state index in [1.807, 2.05) is 34.9 Å². The zero-order valence-electron chi connectivity index (χ0n) is 17.1. The van der Waals surface area contributed by atoms with Crippen LogP contribution in [0, 0.1) is 12.3 Å². The second-order valence-electron chi connectivity index (χ2n) is 7.87. The molecule has 1 fully saturated rings. The lowest BCUT2D eigenvalue weighted by atomic mass is 10.1. The Bertz CT molecular complexity index is 1360. The second kappa shape index (κ2) is 7.85. The highest BCUT2D eigenvalue weighted by atomic mass is 16.1. The van der Waals surface area contributed by atoms with Gasteiger partial charge in [0, 0.05) is 30.7 Å². The zero-order chi connectivity index (χ0) is 21.4. The highest BCUT2D eigenvalue weighted by Gasteiger charge is 2.24. The van der Waals surface area contributed by atoms with Gasteiger partial charge in [-0.05, 0) is 24.3 Å². The first-order chi connectivity index (χ1) is 15.2. The number of nitrogens with zero attached hydrogens (tertiary/aromatic N) is 6. The van der Waals surface area contributed by atoms with Gasteiger partial charge in [0.25, 0.3) is 5.56 Å². The van der Waals surface area contributed by atoms with Gasteiger partial charge in [0.1, 0.15) is 11.0 Å². The smallest absolute Gasteiger partial charge is 0.293 e. The monoisotopic (exact) mass is 413 g/mol. The van der Waals surface area contributed by atoms with Crippen LogP contribution in [-0.2, 0) is 13.1 Å². The highest BCUT2D eigenvalue weighted by Crippen LogP contribution is 2.23. The van der Waals surface area contributed by atoms with Crippen LogP contribution in [0.15, 0.2) is 47.5 Å². The number of nitrogens with two attached hydrogens (primary N) is 1. The van der Waals surface area contributed by atoms with E-state index in [9.17, 15) is 4.79 Å². The van der Waals surface area contributed by atoms with E-state index in [0.29, 0.717) is 23.5 Å². The maximum absolute atomic E-state index is 13.4. The van der Waals surface area contributed by atoms with E-state index >= 15 is 0 Å². The molecule has 1 saturated heterocycles. The minimum Gasteiger partial charge on any atom is -0.341 e. The number of benzene rings is 1. The first-order valence-electron chi connectivity index (χ1n) is 10.4. The lowest BCUT2D eigenvalue weighted by Gasteiger charge is -2.31. The van der Waals surface area contributed by atoms with E-state index in [2.05, 4.69) is 20.9 Å². The Hall–Kier alpha value is -3.70. The van der Waals surface area contributed by atoms with Crippen LogP contribution in [0.1, 0.15) is 18.5 Å². The predicted molar refractivity (Wildman–Crippen MR) is 121 cm³/mol. The van der Waals surface area contributed by atoms with Crippen LogP contribution in [0.4, 0.5) is 5.95 Å². The van der Waals surface area contributed by atoms with E-state index in [1.165, 1.54) is 4.68 Å². The molecule has 1 aromatic carbocycles. The van der Waals surface area contributed by atoms with Crippen LogP contribution in [0.25, 0.3) is 21.8 Å². The third-order valence-electron chi connectivity index (χ3n) is 5.78. The summed E-state index contributed by atoms with van der Waals surface area (Å²) in [6.45, 7) is 2.04. The molecule has 8 heteroatoms. The van der Waals surface area contributed by atoms with Crippen LogP contribution in [-0.4, -0.2) is 43.4 Å². The molecular weight excluding hydrogens is 390 g/mol. The lowest BCUT2D eigenvalue weighted by molar-refractivity contribution is 0.496. The van der Waals surface area contributed by atoms with Gasteiger partial charge in [0.15, 0.2) is 0 Å². The minimum absolute atomic E-state index is 0.0834. The maximum atomic E-state index is 13.4. The molecule has 3 aromatic heterocycles. The summed E-state index contributed by atoms with van der Waals surface area (Å²) in [6.07, 6.45) is 11.0. The summed E-state index contributed by atoms with van der Waals surface area (Å²) >= 11 is 0. The molecule has 8 nitrogen and oxygen atoms in total. The number of hydrogen-bond donors (Lipinski definition) is 1. The average Bonchev–Trinajstić information content (AvgIpc) is 3.15. The van der Waals surface area contributed by atoms with E-state index in [-0.39, 0.29) is 24.7 Å². The second-order valence-corrected chi connectivity index (χ2v) is 7.87. The minimum atomic E-state index is -0.234. The molecular formula is C23H23N7O. The van der Waals surface area contributed by atoms with Gasteiger partial charge in [-0.15, -0.1) is 6.42 Å². The van der Waals surface area contributed by atoms with Crippen molar-refractivity contribution in [3.63, 3.8) is 0 Å². The van der Waals surface area contributed by atoms with Crippen LogP contribution in [0.3, 0.4) is 0 Å². The molecule has 1 atom stereocenters. The van der Waals surface area contributed by atoms with Gasteiger partial charge < -0.3 is 10.6 Å². The fourth-order valence-corrected chi connectivity index (χ4v) is 4.31. The molecule has 4 heterocycles. The van der Waals surface area contributed by atoms with Crippen LogP contribution >= 0.6 is 0 Å². The van der Waals surface area contributed by atoms with Gasteiger partial charge in [-0.1, -0.05) is 30.2 Å². The first kappa shape index (κ1) is 19.3. The fourth-order valence-electron chi connectivity index (χ4n) is 4.31. The molecule has 0 bridgehead atoms. The highest BCUT2D eigenvalue weighted by molar-refractivity contribution is 5.84. The van der Waals surface area contributed by atoms with Crippen molar-refractivity contribution in [2.24, 2.45) is 5.73 Å². The van der Waals surface area contributed by atoms with Crippen molar-refractivity contribution >= 4 is 27.8 Å². The Morgan fingerprint density at radius 3 is 2.97 bits per heavy atom. The normalized spacial score (nSPS) is 16.6. The zero-order valence-corrected chi connectivity index (χ0v) is 17.1. The van der Waals surface area contributed by atoms with Crippen molar-refractivity contribution in [3.8, 4) is 12.3 Å². The lowest BCUT2D eigenvalue weighted by Crippen LogP contribution is -2.44. The molecule has 156 valence electrons. The Kier molecular flexibility index (Phi) is 4.88. The van der Waals surface area contributed by atoms with Crippen molar-refractivity contribution in [1.82, 2.24) is 24.3 Å². The summed E-state index contributed by atoms with van der Waals surface area (Å²) in [4.78, 5) is 24.7. The number of terminal acetylenes is 1. The number of aromatic nitrogens is 5. The summed E-state index contributed by atoms with van der Waals surface area (Å²) < 4.78 is 3.24. The summed E-state index contributed by atoms with van der Waals surface area (Å²) in [7, 11) is 0. The molecule has 2 N–H and O–H groups in total. The molecule has 0 amide bonds. The van der Waals surface area contributed by atoms with Crippen LogP contribution in [0.5, 0.6) is 0 Å². The molecule has 1 unspecified atom stereocenters. The SMILES string of the molecule is C#CCn1c(N2CCCC(N)C2)nc2cnn(Cc3nccc4ccccc34)c(=O)c21. The molecule has 1 aliphatic heterocycles. The molecule has 4 aromatic rings. The number of anilines is 1. The van der Waals surface area contributed by atoms with E-state index in [1.54, 1.807) is 12.4 Å². The number of fused-ring (bicyclic) bond motifs is 2. The average molecular weight is 413 g/mol. The molecule has 31 heavy (non-hydrogen) atoms. The van der Waals surface area contributed by atoms with Gasteiger partial charge in [0.2, 0.25) is 5.95 Å². The predicted octanol–water partition coefficient (Wildman–Crippen LogP) is 1.75. The van der Waals surface area contributed by atoms with Gasteiger partial charge in [-0.25, -0.2) is 9.67 Å². The van der Waals surface area contributed by atoms with Crippen molar-refractivity contribution in [3.05, 3.63) is 58.8 Å². The Morgan fingerprint density at radius 2 is 2.13 bits per heavy atom. The summed E-state index contributed by atoms with van der Waals surface area (Å²) in [6, 6.07) is 10.0. The van der Waals surface area contributed by atoms with E-state index < -0.39 is 0 Å². The first-order valence-corrected chi connectivity index (χ1v) is 10.4. The Balaban J connectivity index is 1.61. The Morgan fingerprint density at radius 1 is 1.26 bits per heavy atom. The summed E-state index contributed by atoms with van der Waals surface area (Å²) in [5, 5.41) is 6.45. The molecule has 0 aliphatic carbocycles. The van der Waals surface area contributed by atoms with Gasteiger partial charge in [0.05, 0.1) is 25.0 Å². The largest absolute Gasteiger partial charge is 0.341 e. The quantitative estimate of drug-likeness (QED) is 0.512. The van der Waals surface area contributed by atoms with Crippen molar-refractivity contribution in [2.45, 2.75) is 32.0 Å². The fraction of sp³-hybridized carbons (Fsp3) is 0.304. The van der Waals surface area contributed by atoms with E-state index in [4.69, 9.17) is 17.1 Å². The molecule has 0 spiro atoms. The standard InChI is InChI=1S/C23H23N7O/c1-2-11-29-21-19(27-23(29)28-12-5-7-17(24)14-28)13-26-30(22(21)31)15-20-18-8-4-3-6-16(18)9-10-25-20/h1,3-4,6,8-10,13,17H,5,7,11-12,14-15,24H2. The molecule has 5 rings (SSSR count). The van der Waals surface area contributed by atoms with Crippen molar-refractivity contribution in [2.75, 3.05) is 18.0 Å². The van der Waals surface area contributed by atoms with Crippen molar-refractivity contribution < 1.29 is 0 Å². The van der Waals surface area contributed by atoms with Gasteiger partial charge >= 0.3 is 0 Å².